The molecule has 0 saturated carbocycles. The van der Waals surface area contributed by atoms with Gasteiger partial charge in [0.2, 0.25) is 5.91 Å². The van der Waals surface area contributed by atoms with E-state index in [9.17, 15) is 4.79 Å². The summed E-state index contributed by atoms with van der Waals surface area (Å²) >= 11 is 0. The fraction of sp³-hybridized carbons (Fsp3) is 0.588. The first kappa shape index (κ1) is 15.8. The Balaban J connectivity index is 2.22. The Morgan fingerprint density at radius 3 is 2.86 bits per heavy atom. The molecule has 2 rings (SSSR count). The molecule has 0 aromatic heterocycles. The molecular formula is C17H26N2O2. The average Bonchev–Trinajstić information content (AvgIpc) is 2.88. The topological polar surface area (TPSA) is 41.6 Å². The number of hydrogen-bond donors (Lipinski definition) is 1. The van der Waals surface area contributed by atoms with Crippen LogP contribution in [0.15, 0.2) is 18.2 Å². The second-order valence-corrected chi connectivity index (χ2v) is 5.70. The minimum atomic E-state index is 0.127. The van der Waals surface area contributed by atoms with Gasteiger partial charge in [0.25, 0.3) is 0 Å². The number of nitrogens with one attached hydrogen (secondary N) is 1. The number of aryl methyl sites for hydroxylation is 1. The van der Waals surface area contributed by atoms with Crippen LogP contribution in [0.4, 0.5) is 0 Å². The number of rotatable bonds is 7. The number of amides is 1. The van der Waals surface area contributed by atoms with Crippen molar-refractivity contribution in [2.45, 2.75) is 39.2 Å². The van der Waals surface area contributed by atoms with E-state index in [1.807, 2.05) is 11.0 Å². The summed E-state index contributed by atoms with van der Waals surface area (Å²) in [6.45, 7) is 6.76. The van der Waals surface area contributed by atoms with Gasteiger partial charge in [-0.1, -0.05) is 24.6 Å². The van der Waals surface area contributed by atoms with Crippen LogP contribution in [0.2, 0.25) is 0 Å². The van der Waals surface area contributed by atoms with E-state index in [-0.39, 0.29) is 11.9 Å². The SMILES string of the molecule is CCCNC(CN1CCCC1=O)c1cc(C)ccc1OC. The van der Waals surface area contributed by atoms with Crippen LogP contribution < -0.4 is 10.1 Å². The van der Waals surface area contributed by atoms with E-state index in [1.54, 1.807) is 7.11 Å². The van der Waals surface area contributed by atoms with Crippen molar-refractivity contribution in [3.8, 4) is 5.75 Å². The minimum absolute atomic E-state index is 0.127. The summed E-state index contributed by atoms with van der Waals surface area (Å²) < 4.78 is 5.51. The number of carbonyl (C=O) groups is 1. The van der Waals surface area contributed by atoms with Crippen molar-refractivity contribution in [2.75, 3.05) is 26.7 Å². The zero-order chi connectivity index (χ0) is 15.2. The number of methoxy groups -OCH3 is 1. The van der Waals surface area contributed by atoms with Crippen LogP contribution in [-0.2, 0) is 4.79 Å². The van der Waals surface area contributed by atoms with Crippen LogP contribution in [0.25, 0.3) is 0 Å². The molecule has 1 aliphatic rings. The molecule has 1 N–H and O–H groups in total. The molecule has 0 aliphatic carbocycles. The summed E-state index contributed by atoms with van der Waals surface area (Å²) in [6, 6.07) is 6.35. The van der Waals surface area contributed by atoms with E-state index in [1.165, 1.54) is 5.56 Å². The highest BCUT2D eigenvalue weighted by molar-refractivity contribution is 5.78. The Hall–Kier alpha value is -1.55. The largest absolute Gasteiger partial charge is 0.496 e. The summed E-state index contributed by atoms with van der Waals surface area (Å²) in [5.41, 5.74) is 2.35. The van der Waals surface area contributed by atoms with Crippen molar-refractivity contribution >= 4 is 5.91 Å². The van der Waals surface area contributed by atoms with Crippen LogP contribution in [0.1, 0.15) is 43.4 Å². The molecule has 4 nitrogen and oxygen atoms in total. The third kappa shape index (κ3) is 3.97. The predicted octanol–water partition coefficient (Wildman–Crippen LogP) is 2.67. The molecule has 1 atom stereocenters. The second-order valence-electron chi connectivity index (χ2n) is 5.70. The van der Waals surface area contributed by atoms with Gasteiger partial charge >= 0.3 is 0 Å². The molecular weight excluding hydrogens is 264 g/mol. The number of hydrogen-bond acceptors (Lipinski definition) is 3. The smallest absolute Gasteiger partial charge is 0.222 e. The predicted molar refractivity (Wildman–Crippen MR) is 84.6 cm³/mol. The molecule has 1 aromatic rings. The van der Waals surface area contributed by atoms with E-state index in [2.05, 4.69) is 31.3 Å². The van der Waals surface area contributed by atoms with Gasteiger partial charge in [0, 0.05) is 25.1 Å². The Morgan fingerprint density at radius 2 is 2.24 bits per heavy atom. The number of nitrogens with zero attached hydrogens (tertiary/aromatic N) is 1. The zero-order valence-electron chi connectivity index (χ0n) is 13.3. The van der Waals surface area contributed by atoms with Gasteiger partial charge in [-0.3, -0.25) is 4.79 Å². The third-order valence-electron chi connectivity index (χ3n) is 3.98. The average molecular weight is 290 g/mol. The fourth-order valence-electron chi connectivity index (χ4n) is 2.83. The lowest BCUT2D eigenvalue weighted by Crippen LogP contribution is -2.36. The van der Waals surface area contributed by atoms with E-state index >= 15 is 0 Å². The third-order valence-corrected chi connectivity index (χ3v) is 3.98. The maximum absolute atomic E-state index is 11.9. The summed E-state index contributed by atoms with van der Waals surface area (Å²) in [6.07, 6.45) is 2.73. The van der Waals surface area contributed by atoms with Crippen molar-refractivity contribution in [3.05, 3.63) is 29.3 Å². The number of benzene rings is 1. The quantitative estimate of drug-likeness (QED) is 0.839. The number of carbonyl (C=O) groups excluding carboxylic acids is 1. The molecule has 1 aliphatic heterocycles. The standard InChI is InChI=1S/C17H26N2O2/c1-4-9-18-15(12-19-10-5-6-17(19)20)14-11-13(2)7-8-16(14)21-3/h7-8,11,15,18H,4-6,9-10,12H2,1-3H3. The van der Waals surface area contributed by atoms with E-state index < -0.39 is 0 Å². The molecule has 4 heteroatoms. The lowest BCUT2D eigenvalue weighted by molar-refractivity contribution is -0.128. The Labute approximate surface area is 127 Å². The first-order valence-corrected chi connectivity index (χ1v) is 7.81. The lowest BCUT2D eigenvalue weighted by Gasteiger charge is -2.26. The zero-order valence-corrected chi connectivity index (χ0v) is 13.3. The van der Waals surface area contributed by atoms with E-state index in [4.69, 9.17) is 4.74 Å². The molecule has 116 valence electrons. The fourth-order valence-corrected chi connectivity index (χ4v) is 2.83. The molecule has 0 radical (unpaired) electrons. The molecule has 21 heavy (non-hydrogen) atoms. The van der Waals surface area contributed by atoms with Gasteiger partial charge in [-0.05, 0) is 32.4 Å². The molecule has 1 amide bonds. The van der Waals surface area contributed by atoms with Gasteiger partial charge in [-0.2, -0.15) is 0 Å². The first-order chi connectivity index (χ1) is 10.2. The minimum Gasteiger partial charge on any atom is -0.496 e. The summed E-state index contributed by atoms with van der Waals surface area (Å²) in [5, 5.41) is 3.56. The normalized spacial score (nSPS) is 16.3. The van der Waals surface area contributed by atoms with Gasteiger partial charge in [0.1, 0.15) is 5.75 Å². The van der Waals surface area contributed by atoms with Gasteiger partial charge in [-0.25, -0.2) is 0 Å². The Bertz CT molecular complexity index is 488. The van der Waals surface area contributed by atoms with Crippen LogP contribution in [0.3, 0.4) is 0 Å². The van der Waals surface area contributed by atoms with E-state index in [0.717, 1.165) is 43.8 Å². The molecule has 1 unspecified atom stereocenters. The van der Waals surface area contributed by atoms with Crippen molar-refractivity contribution in [1.82, 2.24) is 10.2 Å². The Kier molecular flexibility index (Phi) is 5.62. The van der Waals surface area contributed by atoms with Gasteiger partial charge in [-0.15, -0.1) is 0 Å². The van der Waals surface area contributed by atoms with Crippen LogP contribution in [0.5, 0.6) is 5.75 Å². The van der Waals surface area contributed by atoms with Crippen molar-refractivity contribution < 1.29 is 9.53 Å². The molecule has 0 spiro atoms. The highest BCUT2D eigenvalue weighted by Gasteiger charge is 2.25. The maximum Gasteiger partial charge on any atom is 0.222 e. The van der Waals surface area contributed by atoms with Crippen LogP contribution >= 0.6 is 0 Å². The molecule has 1 aromatic carbocycles. The van der Waals surface area contributed by atoms with Gasteiger partial charge < -0.3 is 15.0 Å². The summed E-state index contributed by atoms with van der Waals surface area (Å²) in [7, 11) is 1.70. The lowest BCUT2D eigenvalue weighted by atomic mass is 10.0. The molecule has 1 fully saturated rings. The number of likely N-dealkylation sites (tertiary alicyclic amines) is 1. The molecule has 0 bridgehead atoms. The Morgan fingerprint density at radius 1 is 1.43 bits per heavy atom. The molecule has 1 heterocycles. The van der Waals surface area contributed by atoms with E-state index in [0.29, 0.717) is 6.42 Å². The summed E-state index contributed by atoms with van der Waals surface area (Å²) in [4.78, 5) is 13.9. The monoisotopic (exact) mass is 290 g/mol. The van der Waals surface area contributed by atoms with Crippen molar-refractivity contribution in [3.63, 3.8) is 0 Å². The van der Waals surface area contributed by atoms with Crippen molar-refractivity contribution in [1.29, 1.82) is 0 Å². The highest BCUT2D eigenvalue weighted by atomic mass is 16.5. The maximum atomic E-state index is 11.9. The number of ether oxygens (including phenoxy) is 1. The summed E-state index contributed by atoms with van der Waals surface area (Å²) in [5.74, 6) is 1.16. The van der Waals surface area contributed by atoms with Gasteiger partial charge in [0.15, 0.2) is 0 Å². The molecule has 1 saturated heterocycles. The van der Waals surface area contributed by atoms with Crippen LogP contribution in [-0.4, -0.2) is 37.6 Å². The van der Waals surface area contributed by atoms with Gasteiger partial charge in [0.05, 0.1) is 13.2 Å². The van der Waals surface area contributed by atoms with Crippen LogP contribution in [0, 0.1) is 6.92 Å². The highest BCUT2D eigenvalue weighted by Crippen LogP contribution is 2.28. The second kappa shape index (κ2) is 7.46. The first-order valence-electron chi connectivity index (χ1n) is 7.81. The van der Waals surface area contributed by atoms with Crippen molar-refractivity contribution in [2.24, 2.45) is 0 Å².